The maximum absolute atomic E-state index is 6.24. The molecule has 1 saturated heterocycles. The van der Waals surface area contributed by atoms with Gasteiger partial charge < -0.3 is 15.8 Å². The first kappa shape index (κ1) is 13.6. The molecule has 0 bridgehead atoms. The molecule has 1 aliphatic rings. The van der Waals surface area contributed by atoms with Crippen LogP contribution in [-0.4, -0.2) is 24.7 Å². The molecule has 0 unspecified atom stereocenters. The van der Waals surface area contributed by atoms with E-state index < -0.39 is 0 Å². The molecule has 2 aromatic rings. The molecular formula is C15H18BrN3O. The second-order valence-electron chi connectivity index (χ2n) is 5.18. The number of hydrogen-bond donors (Lipinski definition) is 2. The number of nitrogens with one attached hydrogen (secondary N) is 1. The van der Waals surface area contributed by atoms with Gasteiger partial charge in [0.2, 0.25) is 0 Å². The molecule has 1 fully saturated rings. The third kappa shape index (κ3) is 2.88. The highest BCUT2D eigenvalue weighted by Crippen LogP contribution is 2.29. The van der Waals surface area contributed by atoms with Crippen molar-refractivity contribution in [2.24, 2.45) is 5.92 Å². The van der Waals surface area contributed by atoms with Crippen molar-refractivity contribution >= 4 is 38.2 Å². The maximum Gasteiger partial charge on any atom is 0.0767 e. The Bertz CT molecular complexity index is 611. The first-order valence-corrected chi connectivity index (χ1v) is 7.68. The summed E-state index contributed by atoms with van der Waals surface area (Å²) in [5.74, 6) is 0.656. The van der Waals surface area contributed by atoms with Gasteiger partial charge in [0.05, 0.1) is 23.1 Å². The lowest BCUT2D eigenvalue weighted by molar-refractivity contribution is 0.0699. The topological polar surface area (TPSA) is 60.2 Å². The molecule has 0 atom stereocenters. The fourth-order valence-corrected chi connectivity index (χ4v) is 2.88. The van der Waals surface area contributed by atoms with Crippen LogP contribution in [0.1, 0.15) is 12.8 Å². The van der Waals surface area contributed by atoms with Crippen LogP contribution >= 0.6 is 15.9 Å². The standard InChI is InChI=1S/C15H18BrN3O/c16-11-1-2-12-13(7-11)19-9-14(15(12)17)18-8-10-3-5-20-6-4-10/h1-2,7,9-10,18H,3-6,8H2,(H2,17,19). The Morgan fingerprint density at radius 2 is 2.15 bits per heavy atom. The van der Waals surface area contributed by atoms with E-state index in [0.717, 1.165) is 59.4 Å². The van der Waals surface area contributed by atoms with Crippen LogP contribution in [0, 0.1) is 5.92 Å². The molecule has 0 aliphatic carbocycles. The van der Waals surface area contributed by atoms with Gasteiger partial charge in [-0.25, -0.2) is 0 Å². The minimum atomic E-state index is 0.656. The zero-order chi connectivity index (χ0) is 13.9. The second kappa shape index (κ2) is 5.97. The SMILES string of the molecule is Nc1c(NCC2CCOCC2)cnc2cc(Br)ccc12. The van der Waals surface area contributed by atoms with Gasteiger partial charge in [-0.15, -0.1) is 0 Å². The van der Waals surface area contributed by atoms with Crippen molar-refractivity contribution in [3.05, 3.63) is 28.9 Å². The Hall–Kier alpha value is -1.33. The molecule has 20 heavy (non-hydrogen) atoms. The van der Waals surface area contributed by atoms with E-state index in [-0.39, 0.29) is 0 Å². The Morgan fingerprint density at radius 1 is 1.35 bits per heavy atom. The number of nitrogens with zero attached hydrogens (tertiary/aromatic N) is 1. The summed E-state index contributed by atoms with van der Waals surface area (Å²) in [4.78, 5) is 4.47. The second-order valence-corrected chi connectivity index (χ2v) is 6.10. The zero-order valence-corrected chi connectivity index (χ0v) is 12.8. The Kier molecular flexibility index (Phi) is 4.08. The van der Waals surface area contributed by atoms with Crippen molar-refractivity contribution in [1.82, 2.24) is 4.98 Å². The van der Waals surface area contributed by atoms with Gasteiger partial charge >= 0.3 is 0 Å². The molecule has 0 spiro atoms. The lowest BCUT2D eigenvalue weighted by atomic mass is 10.0. The molecule has 5 heteroatoms. The van der Waals surface area contributed by atoms with Crippen molar-refractivity contribution < 1.29 is 4.74 Å². The van der Waals surface area contributed by atoms with Crippen LogP contribution < -0.4 is 11.1 Å². The minimum Gasteiger partial charge on any atom is -0.396 e. The first-order valence-electron chi connectivity index (χ1n) is 6.89. The van der Waals surface area contributed by atoms with E-state index in [9.17, 15) is 0 Å². The highest BCUT2D eigenvalue weighted by Gasteiger charge is 2.14. The number of fused-ring (bicyclic) bond motifs is 1. The van der Waals surface area contributed by atoms with E-state index in [0.29, 0.717) is 5.92 Å². The van der Waals surface area contributed by atoms with Gasteiger partial charge in [-0.3, -0.25) is 4.98 Å². The highest BCUT2D eigenvalue weighted by atomic mass is 79.9. The molecule has 0 amide bonds. The van der Waals surface area contributed by atoms with E-state index in [1.807, 2.05) is 24.4 Å². The summed E-state index contributed by atoms with van der Waals surface area (Å²) in [5.41, 5.74) is 8.85. The lowest BCUT2D eigenvalue weighted by Gasteiger charge is -2.23. The smallest absolute Gasteiger partial charge is 0.0767 e. The quantitative estimate of drug-likeness (QED) is 0.902. The van der Waals surface area contributed by atoms with E-state index in [2.05, 4.69) is 26.2 Å². The van der Waals surface area contributed by atoms with Crippen molar-refractivity contribution in [3.8, 4) is 0 Å². The number of anilines is 2. The van der Waals surface area contributed by atoms with Crippen molar-refractivity contribution in [3.63, 3.8) is 0 Å². The predicted octanol–water partition coefficient (Wildman–Crippen LogP) is 3.42. The number of nitrogen functional groups attached to an aromatic ring is 1. The molecule has 3 N–H and O–H groups in total. The predicted molar refractivity (Wildman–Crippen MR) is 85.9 cm³/mol. The number of ether oxygens (including phenoxy) is 1. The molecule has 1 aromatic heterocycles. The number of pyridine rings is 1. The summed E-state index contributed by atoms with van der Waals surface area (Å²) >= 11 is 3.45. The summed E-state index contributed by atoms with van der Waals surface area (Å²) in [7, 11) is 0. The van der Waals surface area contributed by atoms with Gasteiger partial charge in [-0.1, -0.05) is 15.9 Å². The minimum absolute atomic E-state index is 0.656. The number of halogens is 1. The van der Waals surface area contributed by atoms with Crippen LogP contribution in [0.4, 0.5) is 11.4 Å². The summed E-state index contributed by atoms with van der Waals surface area (Å²) in [6.45, 7) is 2.66. The summed E-state index contributed by atoms with van der Waals surface area (Å²) in [5, 5.41) is 4.43. The molecule has 4 nitrogen and oxygen atoms in total. The number of aromatic nitrogens is 1. The molecule has 2 heterocycles. The molecular weight excluding hydrogens is 318 g/mol. The number of hydrogen-bond acceptors (Lipinski definition) is 4. The fourth-order valence-electron chi connectivity index (χ4n) is 2.53. The lowest BCUT2D eigenvalue weighted by Crippen LogP contribution is -2.23. The van der Waals surface area contributed by atoms with Gasteiger partial charge in [0.25, 0.3) is 0 Å². The zero-order valence-electron chi connectivity index (χ0n) is 11.2. The highest BCUT2D eigenvalue weighted by molar-refractivity contribution is 9.10. The average Bonchev–Trinajstić information content (AvgIpc) is 2.47. The third-order valence-electron chi connectivity index (χ3n) is 3.79. The van der Waals surface area contributed by atoms with Gasteiger partial charge in [-0.05, 0) is 37.0 Å². The monoisotopic (exact) mass is 335 g/mol. The van der Waals surface area contributed by atoms with E-state index >= 15 is 0 Å². The molecule has 106 valence electrons. The van der Waals surface area contributed by atoms with Gasteiger partial charge in [0, 0.05) is 29.6 Å². The van der Waals surface area contributed by atoms with Gasteiger partial charge in [0.1, 0.15) is 0 Å². The molecule has 1 aliphatic heterocycles. The molecule has 1 aromatic carbocycles. The Labute approximate surface area is 126 Å². The van der Waals surface area contributed by atoms with E-state index in [4.69, 9.17) is 10.5 Å². The average molecular weight is 336 g/mol. The molecule has 0 radical (unpaired) electrons. The van der Waals surface area contributed by atoms with Crippen LogP contribution in [-0.2, 0) is 4.74 Å². The van der Waals surface area contributed by atoms with Crippen LogP contribution in [0.3, 0.4) is 0 Å². The summed E-state index contributed by atoms with van der Waals surface area (Å²) in [6.07, 6.45) is 4.05. The molecule has 0 saturated carbocycles. The van der Waals surface area contributed by atoms with Crippen molar-refractivity contribution in [2.45, 2.75) is 12.8 Å². The van der Waals surface area contributed by atoms with Crippen molar-refractivity contribution in [2.75, 3.05) is 30.8 Å². The van der Waals surface area contributed by atoms with Gasteiger partial charge in [0.15, 0.2) is 0 Å². The Morgan fingerprint density at radius 3 is 2.95 bits per heavy atom. The summed E-state index contributed by atoms with van der Waals surface area (Å²) < 4.78 is 6.39. The normalized spacial score (nSPS) is 16.4. The van der Waals surface area contributed by atoms with E-state index in [1.54, 1.807) is 0 Å². The third-order valence-corrected chi connectivity index (χ3v) is 4.29. The number of rotatable bonds is 3. The fraction of sp³-hybridized carbons (Fsp3) is 0.400. The van der Waals surface area contributed by atoms with Crippen molar-refractivity contribution in [1.29, 1.82) is 0 Å². The summed E-state index contributed by atoms with van der Waals surface area (Å²) in [6, 6.07) is 5.97. The first-order chi connectivity index (χ1) is 9.74. The maximum atomic E-state index is 6.24. The van der Waals surface area contributed by atoms with Crippen LogP contribution in [0.25, 0.3) is 10.9 Å². The number of nitrogens with two attached hydrogens (primary N) is 1. The van der Waals surface area contributed by atoms with Crippen LogP contribution in [0.5, 0.6) is 0 Å². The molecule has 3 rings (SSSR count). The van der Waals surface area contributed by atoms with Crippen LogP contribution in [0.2, 0.25) is 0 Å². The van der Waals surface area contributed by atoms with Crippen LogP contribution in [0.15, 0.2) is 28.9 Å². The largest absolute Gasteiger partial charge is 0.396 e. The van der Waals surface area contributed by atoms with E-state index in [1.165, 1.54) is 0 Å². The Balaban J connectivity index is 1.77. The van der Waals surface area contributed by atoms with Gasteiger partial charge in [-0.2, -0.15) is 0 Å². The number of benzene rings is 1.